The average molecular weight is 414 g/mol. The number of aryl methyl sites for hydroxylation is 1. The molecule has 0 aliphatic heterocycles. The molecule has 31 heavy (non-hydrogen) atoms. The number of carbonyl (C=O) groups excluding carboxylic acids is 2. The summed E-state index contributed by atoms with van der Waals surface area (Å²) in [6.45, 7) is 1.70. The highest BCUT2D eigenvalue weighted by molar-refractivity contribution is 6.07. The minimum Gasteiger partial charge on any atom is -0.322 e. The van der Waals surface area contributed by atoms with Crippen LogP contribution in [0.15, 0.2) is 78.9 Å². The van der Waals surface area contributed by atoms with Crippen molar-refractivity contribution in [2.45, 2.75) is 6.92 Å². The predicted octanol–water partition coefficient (Wildman–Crippen LogP) is 5.58. The first-order valence-corrected chi connectivity index (χ1v) is 9.59. The number of benzene rings is 3. The summed E-state index contributed by atoms with van der Waals surface area (Å²) >= 11 is 0. The lowest BCUT2D eigenvalue weighted by Gasteiger charge is -2.11. The largest absolute Gasteiger partial charge is 0.323 e. The highest BCUT2D eigenvalue weighted by Gasteiger charge is 2.13. The van der Waals surface area contributed by atoms with Crippen LogP contribution >= 0.6 is 0 Å². The van der Waals surface area contributed by atoms with Gasteiger partial charge >= 0.3 is 6.03 Å². The summed E-state index contributed by atoms with van der Waals surface area (Å²) < 4.78 is 13.4. The van der Waals surface area contributed by atoms with E-state index in [4.69, 9.17) is 0 Å². The first kappa shape index (κ1) is 20.0. The lowest BCUT2D eigenvalue weighted by atomic mass is 10.1. The van der Waals surface area contributed by atoms with Crippen molar-refractivity contribution in [3.63, 3.8) is 0 Å². The van der Waals surface area contributed by atoms with Gasteiger partial charge < -0.3 is 16.0 Å². The van der Waals surface area contributed by atoms with E-state index in [-0.39, 0.29) is 11.7 Å². The third-order valence-electron chi connectivity index (χ3n) is 4.62. The molecule has 0 fully saturated rings. The summed E-state index contributed by atoms with van der Waals surface area (Å²) in [6.07, 6.45) is 0. The van der Waals surface area contributed by atoms with Crippen LogP contribution in [-0.2, 0) is 0 Å². The van der Waals surface area contributed by atoms with E-state index in [1.165, 1.54) is 12.1 Å². The molecule has 4 aromatic rings. The normalized spacial score (nSPS) is 10.5. The number of hydrogen-bond acceptors (Lipinski definition) is 3. The number of pyridine rings is 1. The van der Waals surface area contributed by atoms with Crippen LogP contribution in [0.25, 0.3) is 10.9 Å². The minimum atomic E-state index is -0.392. The fraction of sp³-hybridized carbons (Fsp3) is 0.0417. The van der Waals surface area contributed by atoms with Gasteiger partial charge in [-0.15, -0.1) is 0 Å². The molecule has 7 heteroatoms. The van der Waals surface area contributed by atoms with Crippen molar-refractivity contribution in [1.29, 1.82) is 0 Å². The third kappa shape index (κ3) is 4.84. The van der Waals surface area contributed by atoms with Gasteiger partial charge in [-0.3, -0.25) is 9.78 Å². The molecule has 0 radical (unpaired) electrons. The number of para-hydroxylation sites is 1. The van der Waals surface area contributed by atoms with Crippen LogP contribution in [0.5, 0.6) is 0 Å². The van der Waals surface area contributed by atoms with Crippen LogP contribution in [0.2, 0.25) is 0 Å². The number of urea groups is 1. The van der Waals surface area contributed by atoms with Crippen molar-refractivity contribution in [2.75, 3.05) is 16.0 Å². The summed E-state index contributed by atoms with van der Waals surface area (Å²) in [5.74, 6) is -0.723. The van der Waals surface area contributed by atoms with Crippen LogP contribution in [0, 0.1) is 12.7 Å². The van der Waals surface area contributed by atoms with Crippen molar-refractivity contribution < 1.29 is 14.0 Å². The quantitative estimate of drug-likeness (QED) is 0.408. The maximum absolute atomic E-state index is 13.4. The van der Waals surface area contributed by atoms with Gasteiger partial charge in [0.1, 0.15) is 5.82 Å². The molecule has 0 atom stereocenters. The molecule has 0 aliphatic carbocycles. The van der Waals surface area contributed by atoms with Gasteiger partial charge in [-0.05, 0) is 55.5 Å². The molecule has 1 aromatic heterocycles. The number of halogens is 1. The highest BCUT2D eigenvalue weighted by atomic mass is 19.1. The second-order valence-corrected chi connectivity index (χ2v) is 6.94. The summed E-state index contributed by atoms with van der Waals surface area (Å²) in [5, 5.41) is 8.95. The number of fused-ring (bicyclic) bond motifs is 1. The van der Waals surface area contributed by atoms with Crippen LogP contribution in [0.3, 0.4) is 0 Å². The maximum Gasteiger partial charge on any atom is 0.323 e. The van der Waals surface area contributed by atoms with Gasteiger partial charge in [0, 0.05) is 28.5 Å². The lowest BCUT2D eigenvalue weighted by Crippen LogP contribution is -2.19. The van der Waals surface area contributed by atoms with Gasteiger partial charge in [-0.2, -0.15) is 0 Å². The highest BCUT2D eigenvalue weighted by Crippen LogP contribution is 2.21. The average Bonchev–Trinajstić information content (AvgIpc) is 2.74. The van der Waals surface area contributed by atoms with Crippen molar-refractivity contribution in [3.8, 4) is 0 Å². The predicted molar refractivity (Wildman–Crippen MR) is 120 cm³/mol. The molecule has 3 N–H and O–H groups in total. The number of aromatic nitrogens is 1. The van der Waals surface area contributed by atoms with E-state index in [0.29, 0.717) is 39.2 Å². The van der Waals surface area contributed by atoms with Crippen LogP contribution in [0.4, 0.5) is 26.2 Å². The monoisotopic (exact) mass is 414 g/mol. The minimum absolute atomic E-state index is 0.345. The zero-order chi connectivity index (χ0) is 21.8. The van der Waals surface area contributed by atoms with Crippen LogP contribution in [0.1, 0.15) is 16.1 Å². The molecule has 154 valence electrons. The Hall–Kier alpha value is -4.26. The Kier molecular flexibility index (Phi) is 5.57. The van der Waals surface area contributed by atoms with Gasteiger partial charge in [0.15, 0.2) is 0 Å². The summed E-state index contributed by atoms with van der Waals surface area (Å²) in [6, 6.07) is 21.4. The molecule has 0 aliphatic rings. The number of carbonyl (C=O) groups is 2. The van der Waals surface area contributed by atoms with Crippen molar-refractivity contribution in [3.05, 3.63) is 95.9 Å². The molecular weight excluding hydrogens is 395 g/mol. The van der Waals surface area contributed by atoms with E-state index in [1.807, 2.05) is 18.2 Å². The number of rotatable bonds is 4. The third-order valence-corrected chi connectivity index (χ3v) is 4.62. The van der Waals surface area contributed by atoms with E-state index in [1.54, 1.807) is 55.5 Å². The van der Waals surface area contributed by atoms with Gasteiger partial charge in [-0.1, -0.05) is 24.3 Å². The Morgan fingerprint density at radius 1 is 0.774 bits per heavy atom. The van der Waals surface area contributed by atoms with E-state index in [2.05, 4.69) is 20.9 Å². The Morgan fingerprint density at radius 2 is 1.45 bits per heavy atom. The fourth-order valence-electron chi connectivity index (χ4n) is 3.15. The van der Waals surface area contributed by atoms with Gasteiger partial charge in [0.25, 0.3) is 5.91 Å². The molecule has 0 spiro atoms. The van der Waals surface area contributed by atoms with Gasteiger partial charge in [-0.25, -0.2) is 9.18 Å². The number of nitrogens with one attached hydrogen (secondary N) is 3. The zero-order valence-electron chi connectivity index (χ0n) is 16.6. The van der Waals surface area contributed by atoms with Crippen molar-refractivity contribution >= 4 is 39.9 Å². The number of nitrogens with zero attached hydrogens (tertiary/aromatic N) is 1. The van der Waals surface area contributed by atoms with Crippen LogP contribution < -0.4 is 16.0 Å². The molecule has 6 nitrogen and oxygen atoms in total. The molecule has 0 unspecified atom stereocenters. The smallest absolute Gasteiger partial charge is 0.322 e. The number of anilines is 3. The van der Waals surface area contributed by atoms with Gasteiger partial charge in [0.05, 0.1) is 16.8 Å². The van der Waals surface area contributed by atoms with E-state index in [0.717, 1.165) is 0 Å². The maximum atomic E-state index is 13.4. The summed E-state index contributed by atoms with van der Waals surface area (Å²) in [4.78, 5) is 29.3. The second-order valence-electron chi connectivity index (χ2n) is 6.94. The SMILES string of the molecule is Cc1nc2cc(F)ccc2cc1C(=O)Nc1cccc(NC(=O)Nc2ccccc2)c1. The lowest BCUT2D eigenvalue weighted by molar-refractivity contribution is 0.102. The topological polar surface area (TPSA) is 83.1 Å². The number of hydrogen-bond donors (Lipinski definition) is 3. The molecule has 0 bridgehead atoms. The van der Waals surface area contributed by atoms with E-state index in [9.17, 15) is 14.0 Å². The second kappa shape index (κ2) is 8.62. The molecule has 0 saturated heterocycles. The molecular formula is C24H19FN4O2. The molecule has 0 saturated carbocycles. The Bertz CT molecular complexity index is 1280. The summed E-state index contributed by atoms with van der Waals surface area (Å²) in [5.41, 5.74) is 3.08. The molecule has 1 heterocycles. The summed E-state index contributed by atoms with van der Waals surface area (Å²) in [7, 11) is 0. The molecule has 3 aromatic carbocycles. The zero-order valence-corrected chi connectivity index (χ0v) is 16.6. The Balaban J connectivity index is 1.48. The first-order chi connectivity index (χ1) is 15.0. The Labute approximate surface area is 178 Å². The standard InChI is InChI=1S/C24H19FN4O2/c1-15-21(12-16-10-11-17(25)13-22(16)26-15)23(30)27-19-8-5-9-20(14-19)29-24(31)28-18-6-3-2-4-7-18/h2-14H,1H3,(H,27,30)(H2,28,29,31). The number of amides is 3. The fourth-order valence-corrected chi connectivity index (χ4v) is 3.15. The Morgan fingerprint density at radius 3 is 2.23 bits per heavy atom. The van der Waals surface area contributed by atoms with Crippen molar-refractivity contribution in [1.82, 2.24) is 4.98 Å². The van der Waals surface area contributed by atoms with Crippen molar-refractivity contribution in [2.24, 2.45) is 0 Å². The van der Waals surface area contributed by atoms with E-state index < -0.39 is 6.03 Å². The van der Waals surface area contributed by atoms with E-state index >= 15 is 0 Å². The van der Waals surface area contributed by atoms with Gasteiger partial charge in [0.2, 0.25) is 0 Å². The van der Waals surface area contributed by atoms with Crippen LogP contribution in [-0.4, -0.2) is 16.9 Å². The molecule has 3 amide bonds. The molecule has 4 rings (SSSR count). The first-order valence-electron chi connectivity index (χ1n) is 9.59.